The number of hydrogen-bond acceptors (Lipinski definition) is 3. The Morgan fingerprint density at radius 3 is 2.93 bits per heavy atom. The Balaban J connectivity index is 1.93. The van der Waals surface area contributed by atoms with Crippen molar-refractivity contribution in [3.8, 4) is 0 Å². The maximum absolute atomic E-state index is 5.42. The van der Waals surface area contributed by atoms with Crippen molar-refractivity contribution >= 4 is 0 Å². The minimum absolute atomic E-state index is 0.202. The molecule has 84 valence electrons. The van der Waals surface area contributed by atoms with Crippen LogP contribution in [0.25, 0.3) is 0 Å². The van der Waals surface area contributed by atoms with Gasteiger partial charge in [-0.25, -0.2) is 0 Å². The van der Waals surface area contributed by atoms with Crippen LogP contribution in [0, 0.1) is 0 Å². The second-order valence-corrected chi connectivity index (χ2v) is 4.17. The second kappa shape index (κ2) is 5.33. The normalized spacial score (nSPS) is 19.5. The predicted octanol–water partition coefficient (Wildman–Crippen LogP) is 2.50. The Bertz CT molecular complexity index is 265. The van der Waals surface area contributed by atoms with Crippen molar-refractivity contribution in [1.29, 1.82) is 0 Å². The molecule has 0 spiro atoms. The molecule has 1 saturated carbocycles. The molecule has 2 rings (SSSR count). The number of furan rings is 1. The average Bonchev–Trinajstić information content (AvgIpc) is 2.89. The summed E-state index contributed by atoms with van der Waals surface area (Å²) in [5.41, 5.74) is 0. The first-order chi connectivity index (χ1) is 7.40. The summed E-state index contributed by atoms with van der Waals surface area (Å²) in [6.45, 7) is 0.671. The summed E-state index contributed by atoms with van der Waals surface area (Å²) >= 11 is 0. The minimum Gasteiger partial charge on any atom is -0.468 e. The number of nitrogens with one attached hydrogen (secondary N) is 1. The summed E-state index contributed by atoms with van der Waals surface area (Å²) in [6, 6.07) is 4.77. The molecule has 0 saturated heterocycles. The Hall–Kier alpha value is -0.800. The molecule has 3 heteroatoms. The molecule has 0 amide bonds. The van der Waals surface area contributed by atoms with Crippen LogP contribution in [0.3, 0.4) is 0 Å². The van der Waals surface area contributed by atoms with Crippen LogP contribution < -0.4 is 5.32 Å². The van der Waals surface area contributed by atoms with Gasteiger partial charge < -0.3 is 14.5 Å². The molecule has 1 aliphatic rings. The van der Waals surface area contributed by atoms with Gasteiger partial charge in [0.05, 0.1) is 18.9 Å². The molecule has 0 aliphatic heterocycles. The van der Waals surface area contributed by atoms with Crippen molar-refractivity contribution in [2.75, 3.05) is 13.7 Å². The largest absolute Gasteiger partial charge is 0.468 e. The van der Waals surface area contributed by atoms with Crippen LogP contribution in [0.1, 0.15) is 37.5 Å². The Labute approximate surface area is 90.8 Å². The van der Waals surface area contributed by atoms with E-state index >= 15 is 0 Å². The topological polar surface area (TPSA) is 34.4 Å². The van der Waals surface area contributed by atoms with E-state index in [9.17, 15) is 0 Å². The van der Waals surface area contributed by atoms with Crippen molar-refractivity contribution in [1.82, 2.24) is 5.32 Å². The lowest BCUT2D eigenvalue weighted by atomic mass is 10.1. The maximum Gasteiger partial charge on any atom is 0.123 e. The standard InChI is InChI=1S/C12H19NO2/c1-14-9-11(12-7-4-8-15-12)13-10-5-2-3-6-10/h4,7-8,10-11,13H,2-3,5-6,9H2,1H3. The lowest BCUT2D eigenvalue weighted by molar-refractivity contribution is 0.151. The molecule has 1 fully saturated rings. The van der Waals surface area contributed by atoms with Crippen molar-refractivity contribution < 1.29 is 9.15 Å². The third-order valence-electron chi connectivity index (χ3n) is 3.01. The summed E-state index contributed by atoms with van der Waals surface area (Å²) in [5, 5.41) is 3.60. The fraction of sp³-hybridized carbons (Fsp3) is 0.667. The van der Waals surface area contributed by atoms with E-state index in [0.29, 0.717) is 12.6 Å². The van der Waals surface area contributed by atoms with Crippen molar-refractivity contribution in [3.05, 3.63) is 24.2 Å². The van der Waals surface area contributed by atoms with Gasteiger partial charge in [-0.3, -0.25) is 0 Å². The lowest BCUT2D eigenvalue weighted by Gasteiger charge is -2.20. The quantitative estimate of drug-likeness (QED) is 0.809. The zero-order chi connectivity index (χ0) is 10.5. The van der Waals surface area contributed by atoms with Crippen LogP contribution in [0.4, 0.5) is 0 Å². The van der Waals surface area contributed by atoms with E-state index in [-0.39, 0.29) is 6.04 Å². The summed E-state index contributed by atoms with van der Waals surface area (Å²) in [4.78, 5) is 0. The number of hydrogen-bond donors (Lipinski definition) is 1. The third-order valence-corrected chi connectivity index (χ3v) is 3.01. The van der Waals surface area contributed by atoms with Gasteiger partial charge in [-0.1, -0.05) is 12.8 Å². The molecule has 0 aromatic carbocycles. The molecule has 1 aliphatic carbocycles. The molecule has 15 heavy (non-hydrogen) atoms. The van der Waals surface area contributed by atoms with Crippen LogP contribution in [0.2, 0.25) is 0 Å². The van der Waals surface area contributed by atoms with E-state index in [4.69, 9.17) is 9.15 Å². The highest BCUT2D eigenvalue weighted by atomic mass is 16.5. The number of rotatable bonds is 5. The van der Waals surface area contributed by atoms with Crippen molar-refractivity contribution in [3.63, 3.8) is 0 Å². The predicted molar refractivity (Wildman–Crippen MR) is 58.7 cm³/mol. The first-order valence-electron chi connectivity index (χ1n) is 5.68. The summed E-state index contributed by atoms with van der Waals surface area (Å²) < 4.78 is 10.6. The molecule has 1 unspecified atom stereocenters. The summed E-state index contributed by atoms with van der Waals surface area (Å²) in [5.74, 6) is 0.976. The molecule has 1 aromatic heterocycles. The van der Waals surface area contributed by atoms with Gasteiger partial charge in [0.1, 0.15) is 5.76 Å². The Morgan fingerprint density at radius 1 is 1.53 bits per heavy atom. The Morgan fingerprint density at radius 2 is 2.33 bits per heavy atom. The highest BCUT2D eigenvalue weighted by Crippen LogP contribution is 2.22. The smallest absolute Gasteiger partial charge is 0.123 e. The van der Waals surface area contributed by atoms with Gasteiger partial charge >= 0.3 is 0 Å². The van der Waals surface area contributed by atoms with Crippen LogP contribution in [0.5, 0.6) is 0 Å². The van der Waals surface area contributed by atoms with Crippen LogP contribution in [0.15, 0.2) is 22.8 Å². The average molecular weight is 209 g/mol. The first kappa shape index (κ1) is 10.7. The van der Waals surface area contributed by atoms with Gasteiger partial charge in [0.2, 0.25) is 0 Å². The Kier molecular flexibility index (Phi) is 3.80. The molecule has 1 aromatic rings. The van der Waals surface area contributed by atoms with E-state index < -0.39 is 0 Å². The highest BCUT2D eigenvalue weighted by molar-refractivity contribution is 5.05. The zero-order valence-electron chi connectivity index (χ0n) is 9.24. The molecule has 1 atom stereocenters. The van der Waals surface area contributed by atoms with Gasteiger partial charge in [0.25, 0.3) is 0 Å². The van der Waals surface area contributed by atoms with Crippen LogP contribution >= 0.6 is 0 Å². The maximum atomic E-state index is 5.42. The molecular weight excluding hydrogens is 190 g/mol. The molecule has 1 heterocycles. The van der Waals surface area contributed by atoms with Crippen molar-refractivity contribution in [2.24, 2.45) is 0 Å². The van der Waals surface area contributed by atoms with E-state index in [0.717, 1.165) is 5.76 Å². The van der Waals surface area contributed by atoms with Gasteiger partial charge in [0, 0.05) is 13.2 Å². The van der Waals surface area contributed by atoms with Gasteiger partial charge in [-0.2, -0.15) is 0 Å². The van der Waals surface area contributed by atoms with Gasteiger partial charge in [0.15, 0.2) is 0 Å². The summed E-state index contributed by atoms with van der Waals surface area (Å²) in [6.07, 6.45) is 6.96. The van der Waals surface area contributed by atoms with E-state index in [2.05, 4.69) is 5.32 Å². The number of methoxy groups -OCH3 is 1. The SMILES string of the molecule is COCC(NC1CCCC1)c1ccco1. The van der Waals surface area contributed by atoms with Gasteiger partial charge in [-0.15, -0.1) is 0 Å². The molecule has 1 N–H and O–H groups in total. The van der Waals surface area contributed by atoms with Crippen molar-refractivity contribution in [2.45, 2.75) is 37.8 Å². The first-order valence-corrected chi connectivity index (χ1v) is 5.68. The highest BCUT2D eigenvalue weighted by Gasteiger charge is 2.21. The minimum atomic E-state index is 0.202. The second-order valence-electron chi connectivity index (χ2n) is 4.17. The van der Waals surface area contributed by atoms with Crippen LogP contribution in [-0.4, -0.2) is 19.8 Å². The van der Waals surface area contributed by atoms with Gasteiger partial charge in [-0.05, 0) is 25.0 Å². The molecule has 0 bridgehead atoms. The van der Waals surface area contributed by atoms with E-state index in [1.54, 1.807) is 13.4 Å². The number of ether oxygens (including phenoxy) is 1. The molecule has 0 radical (unpaired) electrons. The summed E-state index contributed by atoms with van der Waals surface area (Å²) in [7, 11) is 1.73. The fourth-order valence-corrected chi connectivity index (χ4v) is 2.25. The van der Waals surface area contributed by atoms with E-state index in [1.165, 1.54) is 25.7 Å². The van der Waals surface area contributed by atoms with Crippen LogP contribution in [-0.2, 0) is 4.74 Å². The lowest BCUT2D eigenvalue weighted by Crippen LogP contribution is -2.32. The monoisotopic (exact) mass is 209 g/mol. The zero-order valence-corrected chi connectivity index (χ0v) is 9.24. The van der Waals surface area contributed by atoms with E-state index in [1.807, 2.05) is 12.1 Å². The molecular formula is C12H19NO2. The fourth-order valence-electron chi connectivity index (χ4n) is 2.25. The molecule has 3 nitrogen and oxygen atoms in total. The third kappa shape index (κ3) is 2.83.